The number of phenolic OH excluding ortho intramolecular Hbond substituents is 2. The smallest absolute Gasteiger partial charge is 0.182 e. The van der Waals surface area contributed by atoms with Crippen molar-refractivity contribution >= 4 is 0 Å². The molecule has 23 heavy (non-hydrogen) atoms. The summed E-state index contributed by atoms with van der Waals surface area (Å²) in [7, 11) is 0. The van der Waals surface area contributed by atoms with E-state index in [-0.39, 0.29) is 28.5 Å². The van der Waals surface area contributed by atoms with Gasteiger partial charge in [0.1, 0.15) is 11.5 Å². The molecule has 2 aromatic carbocycles. The van der Waals surface area contributed by atoms with Crippen molar-refractivity contribution in [3.8, 4) is 11.5 Å². The summed E-state index contributed by atoms with van der Waals surface area (Å²) >= 11 is 0. The molecule has 0 atom stereocenters. The molecule has 0 radical (unpaired) electrons. The predicted molar refractivity (Wildman–Crippen MR) is 82.7 cm³/mol. The maximum atomic E-state index is 9.66. The van der Waals surface area contributed by atoms with Gasteiger partial charge >= 0.3 is 0 Å². The van der Waals surface area contributed by atoms with E-state index in [1.54, 1.807) is 12.1 Å². The van der Waals surface area contributed by atoms with Gasteiger partial charge < -0.3 is 30.6 Å². The molecule has 6 N–H and O–H groups in total. The summed E-state index contributed by atoms with van der Waals surface area (Å²) in [5.41, 5.74) is 1.47. The molecule has 0 aliphatic rings. The zero-order valence-corrected chi connectivity index (χ0v) is 12.6. The van der Waals surface area contributed by atoms with Crippen molar-refractivity contribution < 1.29 is 30.6 Å². The van der Waals surface area contributed by atoms with Crippen LogP contribution in [0.2, 0.25) is 0 Å². The molecule has 2 rings (SSSR count). The van der Waals surface area contributed by atoms with Gasteiger partial charge in [0.15, 0.2) is 12.6 Å². The van der Waals surface area contributed by atoms with Crippen molar-refractivity contribution in [3.05, 3.63) is 58.7 Å². The lowest BCUT2D eigenvalue weighted by Gasteiger charge is -2.19. The molecule has 0 heterocycles. The highest BCUT2D eigenvalue weighted by molar-refractivity contribution is 5.44. The van der Waals surface area contributed by atoms with E-state index in [9.17, 15) is 30.6 Å². The summed E-state index contributed by atoms with van der Waals surface area (Å²) in [4.78, 5) is 0. The number of aromatic hydroxyl groups is 2. The first kappa shape index (κ1) is 17.2. The number of phenols is 2. The zero-order valence-electron chi connectivity index (χ0n) is 12.6. The molecule has 0 spiro atoms. The summed E-state index contributed by atoms with van der Waals surface area (Å²) in [6, 6.07) is 9.09. The summed E-state index contributed by atoms with van der Waals surface area (Å²) in [5, 5.41) is 56.5. The number of rotatable bonds is 5. The Bertz CT molecular complexity index is 623. The Hall–Kier alpha value is -2.12. The Labute approximate surface area is 133 Å². The van der Waals surface area contributed by atoms with Crippen molar-refractivity contribution in [1.82, 2.24) is 0 Å². The minimum Gasteiger partial charge on any atom is -0.507 e. The average molecular weight is 320 g/mol. The summed E-state index contributed by atoms with van der Waals surface area (Å²) in [6.07, 6.45) is -2.93. The van der Waals surface area contributed by atoms with Crippen molar-refractivity contribution in [1.29, 1.82) is 0 Å². The van der Waals surface area contributed by atoms with E-state index in [1.807, 2.05) is 6.92 Å². The molecule has 0 fully saturated rings. The Morgan fingerprint density at radius 3 is 1.43 bits per heavy atom. The van der Waals surface area contributed by atoms with Gasteiger partial charge in [0.05, 0.1) is 0 Å². The monoisotopic (exact) mass is 320 g/mol. The lowest BCUT2D eigenvalue weighted by molar-refractivity contribution is -0.0445. The van der Waals surface area contributed by atoms with Crippen LogP contribution in [-0.2, 0) is 0 Å². The van der Waals surface area contributed by atoms with Gasteiger partial charge in [0.25, 0.3) is 0 Å². The van der Waals surface area contributed by atoms with Crippen molar-refractivity contribution in [2.45, 2.75) is 31.8 Å². The Morgan fingerprint density at radius 1 is 0.739 bits per heavy atom. The highest BCUT2D eigenvalue weighted by Crippen LogP contribution is 2.35. The second-order valence-electron chi connectivity index (χ2n) is 5.34. The molecule has 2 aromatic rings. The number of hydrogen-bond donors (Lipinski definition) is 6. The van der Waals surface area contributed by atoms with E-state index in [0.29, 0.717) is 6.42 Å². The second-order valence-corrected chi connectivity index (χ2v) is 5.34. The number of aliphatic hydroxyl groups excluding tert-OH is 2. The van der Waals surface area contributed by atoms with Crippen LogP contribution in [0.25, 0.3) is 0 Å². The van der Waals surface area contributed by atoms with Crippen LogP contribution in [0, 0.1) is 0 Å². The predicted octanol–water partition coefficient (Wildman–Crippen LogP) is 1.61. The molecule has 6 heteroatoms. The van der Waals surface area contributed by atoms with Gasteiger partial charge in [0.2, 0.25) is 0 Å². The third kappa shape index (κ3) is 3.62. The Morgan fingerprint density at radius 2 is 1.13 bits per heavy atom. The van der Waals surface area contributed by atoms with Gasteiger partial charge in [-0.05, 0) is 41.8 Å². The number of hydrogen-bond acceptors (Lipinski definition) is 6. The van der Waals surface area contributed by atoms with E-state index >= 15 is 0 Å². The molecule has 0 aliphatic carbocycles. The van der Waals surface area contributed by atoms with Crippen LogP contribution in [0.1, 0.15) is 54.1 Å². The topological polar surface area (TPSA) is 121 Å². The first-order valence-electron chi connectivity index (χ1n) is 7.23. The summed E-state index contributed by atoms with van der Waals surface area (Å²) < 4.78 is 0. The summed E-state index contributed by atoms with van der Waals surface area (Å²) in [5.74, 6) is -0.599. The van der Waals surface area contributed by atoms with Crippen LogP contribution in [0.5, 0.6) is 11.5 Å². The molecule has 0 saturated heterocycles. The Balaban J connectivity index is 2.48. The van der Waals surface area contributed by atoms with Crippen molar-refractivity contribution in [2.75, 3.05) is 0 Å². The van der Waals surface area contributed by atoms with Crippen LogP contribution in [0.15, 0.2) is 36.4 Å². The Kier molecular flexibility index (Phi) is 5.23. The molecular formula is C17H20O6. The lowest BCUT2D eigenvalue weighted by Crippen LogP contribution is -2.05. The van der Waals surface area contributed by atoms with Gasteiger partial charge in [0, 0.05) is 17.0 Å². The number of aliphatic hydroxyl groups is 4. The maximum absolute atomic E-state index is 9.66. The first-order valence-corrected chi connectivity index (χ1v) is 7.23. The van der Waals surface area contributed by atoms with Crippen molar-refractivity contribution in [2.24, 2.45) is 0 Å². The van der Waals surface area contributed by atoms with Gasteiger partial charge in [-0.15, -0.1) is 0 Å². The zero-order chi connectivity index (χ0) is 17.1. The van der Waals surface area contributed by atoms with E-state index in [1.165, 1.54) is 24.3 Å². The molecule has 0 unspecified atom stereocenters. The first-order chi connectivity index (χ1) is 10.8. The lowest BCUT2D eigenvalue weighted by atomic mass is 9.87. The molecule has 124 valence electrons. The highest BCUT2D eigenvalue weighted by atomic mass is 16.5. The fourth-order valence-corrected chi connectivity index (χ4v) is 2.66. The molecular weight excluding hydrogens is 300 g/mol. The van der Waals surface area contributed by atoms with Crippen molar-refractivity contribution in [3.63, 3.8) is 0 Å². The number of benzene rings is 2. The second kappa shape index (κ2) is 6.97. The van der Waals surface area contributed by atoms with E-state index < -0.39 is 12.6 Å². The minimum absolute atomic E-state index is 0.00199. The fourth-order valence-electron chi connectivity index (χ4n) is 2.66. The fraction of sp³-hybridized carbons (Fsp3) is 0.294. The standard InChI is InChI=1S/C17H20O6/c1-2-11(9-3-5-14(18)12(7-9)16(20)21)10-4-6-15(19)13(8-10)17(22)23/h3-8,11,16-23H,2H2,1H3. The molecule has 0 bridgehead atoms. The van der Waals surface area contributed by atoms with E-state index in [4.69, 9.17) is 0 Å². The third-order valence-corrected chi connectivity index (χ3v) is 3.87. The molecule has 0 amide bonds. The van der Waals surface area contributed by atoms with Gasteiger partial charge in [-0.2, -0.15) is 0 Å². The van der Waals surface area contributed by atoms with E-state index in [2.05, 4.69) is 0 Å². The molecule has 0 aromatic heterocycles. The SMILES string of the molecule is CCC(c1ccc(O)c(C(O)O)c1)c1ccc(O)c(C(O)O)c1. The van der Waals surface area contributed by atoms with E-state index in [0.717, 1.165) is 11.1 Å². The van der Waals surface area contributed by atoms with Gasteiger partial charge in [-0.1, -0.05) is 19.1 Å². The van der Waals surface area contributed by atoms with Crippen LogP contribution in [-0.4, -0.2) is 30.6 Å². The molecule has 6 nitrogen and oxygen atoms in total. The summed E-state index contributed by atoms with van der Waals surface area (Å²) in [6.45, 7) is 1.93. The van der Waals surface area contributed by atoms with Crippen LogP contribution in [0.4, 0.5) is 0 Å². The van der Waals surface area contributed by atoms with Crippen LogP contribution < -0.4 is 0 Å². The largest absolute Gasteiger partial charge is 0.507 e. The van der Waals surface area contributed by atoms with Gasteiger partial charge in [-0.25, -0.2) is 0 Å². The highest BCUT2D eigenvalue weighted by Gasteiger charge is 2.19. The van der Waals surface area contributed by atoms with Gasteiger partial charge in [-0.3, -0.25) is 0 Å². The normalized spacial score (nSPS) is 11.7. The quantitative estimate of drug-likeness (QED) is 0.465. The minimum atomic E-state index is -1.79. The third-order valence-electron chi connectivity index (χ3n) is 3.87. The molecule has 0 saturated carbocycles. The van der Waals surface area contributed by atoms with Crippen LogP contribution >= 0.6 is 0 Å². The average Bonchev–Trinajstić information content (AvgIpc) is 2.50. The molecule has 0 aliphatic heterocycles. The van der Waals surface area contributed by atoms with Crippen LogP contribution in [0.3, 0.4) is 0 Å². The maximum Gasteiger partial charge on any atom is 0.182 e.